The van der Waals surface area contributed by atoms with E-state index in [1.54, 1.807) is 24.3 Å². The van der Waals surface area contributed by atoms with Crippen LogP contribution in [0, 0.1) is 0 Å². The van der Waals surface area contributed by atoms with Crippen LogP contribution in [0.2, 0.25) is 0 Å². The van der Waals surface area contributed by atoms with Crippen molar-refractivity contribution in [1.82, 2.24) is 0 Å². The van der Waals surface area contributed by atoms with E-state index in [2.05, 4.69) is 9.37 Å². The first-order chi connectivity index (χ1) is 18.8. The zero-order valence-electron chi connectivity index (χ0n) is 22.2. The molecule has 10 nitrogen and oxygen atoms in total. The Morgan fingerprint density at radius 1 is 1.00 bits per heavy atom. The lowest BCUT2D eigenvalue weighted by Gasteiger charge is -2.33. The summed E-state index contributed by atoms with van der Waals surface area (Å²) >= 11 is 0.770. The van der Waals surface area contributed by atoms with Gasteiger partial charge in [0.25, 0.3) is 0 Å². The number of hydrogen-bond acceptors (Lipinski definition) is 10. The number of ketones is 1. The number of nitrogens with zero attached hydrogens (tertiary/aromatic N) is 2. The minimum absolute atomic E-state index is 0.0185. The van der Waals surface area contributed by atoms with Crippen molar-refractivity contribution < 1.29 is 42.1 Å². The maximum Gasteiger partial charge on any atom is 0.223 e. The van der Waals surface area contributed by atoms with Crippen molar-refractivity contribution in [3.05, 3.63) is 94.4 Å². The summed E-state index contributed by atoms with van der Waals surface area (Å²) in [5, 5.41) is 27.2. The van der Waals surface area contributed by atoms with Gasteiger partial charge in [0.15, 0.2) is 11.5 Å². The van der Waals surface area contributed by atoms with Gasteiger partial charge in [-0.25, -0.2) is 8.42 Å². The maximum absolute atomic E-state index is 13.4. The second-order valence-electron chi connectivity index (χ2n) is 10.8. The number of benzene rings is 2. The van der Waals surface area contributed by atoms with Crippen LogP contribution in [0.25, 0.3) is 0 Å². The van der Waals surface area contributed by atoms with E-state index in [-0.39, 0.29) is 17.0 Å². The number of rotatable bonds is 8. The summed E-state index contributed by atoms with van der Waals surface area (Å²) in [5.41, 5.74) is 2.70. The van der Waals surface area contributed by atoms with Gasteiger partial charge in [0, 0.05) is 45.7 Å². The van der Waals surface area contributed by atoms with Crippen molar-refractivity contribution in [3.8, 4) is 0 Å². The first-order valence-electron chi connectivity index (χ1n) is 12.3. The molecular formula is C28H26N2O8S2-2. The molecule has 0 spiro atoms. The zero-order chi connectivity index (χ0) is 29.0. The first-order valence-corrected chi connectivity index (χ1v) is 14.8. The molecule has 0 unspecified atom stereocenters. The molecular weight excluding hydrogens is 556 g/mol. The molecule has 210 valence electrons. The number of para-hydroxylation sites is 2. The molecule has 0 fully saturated rings. The Balaban J connectivity index is 1.59. The second kappa shape index (κ2) is 9.98. The van der Waals surface area contributed by atoms with Gasteiger partial charge < -0.3 is 19.8 Å². The monoisotopic (exact) mass is 582 g/mol. The predicted molar refractivity (Wildman–Crippen MR) is 144 cm³/mol. The van der Waals surface area contributed by atoms with E-state index in [1.165, 1.54) is 11.0 Å². The van der Waals surface area contributed by atoms with E-state index in [4.69, 9.17) is 0 Å². The van der Waals surface area contributed by atoms with Crippen molar-refractivity contribution in [1.29, 1.82) is 0 Å². The summed E-state index contributed by atoms with van der Waals surface area (Å²) in [5.74, 6) is -1.64. The number of anilines is 1. The summed E-state index contributed by atoms with van der Waals surface area (Å²) in [6.45, 7) is 7.62. The number of carbonyl (C=O) groups is 1. The average Bonchev–Trinajstić information content (AvgIpc) is 3.24. The van der Waals surface area contributed by atoms with Crippen molar-refractivity contribution in [3.63, 3.8) is 0 Å². The molecule has 3 aliphatic rings. The fourth-order valence-corrected chi connectivity index (χ4v) is 6.76. The van der Waals surface area contributed by atoms with Gasteiger partial charge in [-0.2, -0.15) is 8.91 Å². The summed E-state index contributed by atoms with van der Waals surface area (Å²) in [7, 11) is -4.67. The van der Waals surface area contributed by atoms with E-state index in [9.17, 15) is 28.1 Å². The molecule has 0 saturated carbocycles. The number of hydrogen-bond donors (Lipinski definition) is 0. The van der Waals surface area contributed by atoms with Gasteiger partial charge in [-0.3, -0.25) is 9.83 Å². The summed E-state index contributed by atoms with van der Waals surface area (Å²) < 4.78 is 41.6. The number of allylic oxidation sites excluding steroid dienone is 5. The number of fused-ring (bicyclic) bond motifs is 2. The Labute approximate surface area is 236 Å². The highest BCUT2D eigenvalue weighted by Crippen LogP contribution is 2.49. The fourth-order valence-electron chi connectivity index (χ4n) is 5.70. The van der Waals surface area contributed by atoms with Crippen LogP contribution in [0.4, 0.5) is 11.4 Å². The molecule has 1 aliphatic carbocycles. The Bertz CT molecular complexity index is 1650. The third-order valence-corrected chi connectivity index (χ3v) is 8.77. The first kappa shape index (κ1) is 28.3. The Morgan fingerprint density at radius 3 is 2.30 bits per heavy atom. The van der Waals surface area contributed by atoms with Crippen LogP contribution >= 0.6 is 12.0 Å². The molecule has 5 rings (SSSR count). The molecule has 2 aliphatic heterocycles. The van der Waals surface area contributed by atoms with E-state index < -0.39 is 38.4 Å². The predicted octanol–water partition coefficient (Wildman–Crippen LogP) is 2.20. The van der Waals surface area contributed by atoms with Crippen LogP contribution < -0.4 is 15.3 Å². The minimum Gasteiger partial charge on any atom is -0.871 e. The van der Waals surface area contributed by atoms with Crippen LogP contribution in [0.5, 0.6) is 0 Å². The number of Topliss-reactive ketones (excluding diaryl/α,β-unsaturated/α-hetero) is 1. The lowest BCUT2D eigenvalue weighted by atomic mass is 9.77. The van der Waals surface area contributed by atoms with Gasteiger partial charge in [-0.15, -0.1) is 0 Å². The maximum atomic E-state index is 13.4. The van der Waals surface area contributed by atoms with Crippen LogP contribution in [0.1, 0.15) is 38.8 Å². The third kappa shape index (κ3) is 4.60. The Hall–Kier alpha value is -3.26. The molecule has 0 aromatic heterocycles. The summed E-state index contributed by atoms with van der Waals surface area (Å²) in [4.78, 5) is 14.7. The lowest BCUT2D eigenvalue weighted by Crippen LogP contribution is -2.35. The van der Waals surface area contributed by atoms with Crippen LogP contribution in [-0.4, -0.2) is 40.8 Å². The van der Waals surface area contributed by atoms with Crippen molar-refractivity contribution in [2.75, 3.05) is 16.7 Å². The molecule has 0 bridgehead atoms. The van der Waals surface area contributed by atoms with Crippen LogP contribution in [0.15, 0.2) is 83.3 Å². The molecule has 12 heteroatoms. The van der Waals surface area contributed by atoms with E-state index in [1.807, 2.05) is 62.6 Å². The quantitative estimate of drug-likeness (QED) is 0.0864. The standard InChI is InChI=1S/C28H28N2O8S2/c1-27(2)19-9-5-7-11-21(19)29(15-39-38-37-33)23(27)13-17-25(31)18(26(17)32)14-24-28(3,4)20-10-6-8-12-22(20)30(24)16-40(34,35)36/h5-14H,15-16H2,1-4H3,(H2-,31,33,34,35,36)/p-2. The summed E-state index contributed by atoms with van der Waals surface area (Å²) in [6.07, 6.45) is 2.96. The normalized spacial score (nSPS) is 21.4. The van der Waals surface area contributed by atoms with E-state index in [0.29, 0.717) is 17.1 Å². The van der Waals surface area contributed by atoms with Crippen LogP contribution in [-0.2, 0) is 35.1 Å². The zero-order valence-corrected chi connectivity index (χ0v) is 23.8. The Morgan fingerprint density at radius 2 is 1.65 bits per heavy atom. The SMILES string of the molecule is CC1(C)C(/C=C2\C(=O)C(/C=C3/N(CS(=O)(=O)[O-])c4ccccc4C3(C)C)=C2[O-])=[N+](CSOO[O-])c2ccccc21. The van der Waals surface area contributed by atoms with E-state index in [0.717, 1.165) is 28.9 Å². The van der Waals surface area contributed by atoms with Gasteiger partial charge in [-0.1, -0.05) is 56.0 Å². The molecule has 0 radical (unpaired) electrons. The average molecular weight is 583 g/mol. The molecule has 2 heterocycles. The van der Waals surface area contributed by atoms with Gasteiger partial charge >= 0.3 is 0 Å². The van der Waals surface area contributed by atoms with Gasteiger partial charge in [0.05, 0.1) is 5.41 Å². The fraction of sp³-hybridized carbons (Fsp3) is 0.286. The van der Waals surface area contributed by atoms with Gasteiger partial charge in [-0.05, 0) is 31.6 Å². The Kier molecular flexibility index (Phi) is 7.06. The van der Waals surface area contributed by atoms with Gasteiger partial charge in [0.2, 0.25) is 11.6 Å². The topological polar surface area (TPSA) is 145 Å². The van der Waals surface area contributed by atoms with Crippen molar-refractivity contribution in [2.45, 2.75) is 38.5 Å². The largest absolute Gasteiger partial charge is 0.871 e. The van der Waals surface area contributed by atoms with Crippen LogP contribution in [0.3, 0.4) is 0 Å². The molecule has 2 aromatic rings. The molecule has 0 amide bonds. The highest BCUT2D eigenvalue weighted by atomic mass is 32.2. The summed E-state index contributed by atoms with van der Waals surface area (Å²) in [6, 6.07) is 14.7. The highest BCUT2D eigenvalue weighted by molar-refractivity contribution is 7.94. The molecule has 40 heavy (non-hydrogen) atoms. The minimum atomic E-state index is -4.67. The molecule has 0 atom stereocenters. The lowest BCUT2D eigenvalue weighted by molar-refractivity contribution is -0.777. The van der Waals surface area contributed by atoms with Gasteiger partial charge in [0.1, 0.15) is 28.0 Å². The third-order valence-electron chi connectivity index (χ3n) is 7.68. The number of carbonyl (C=O) groups excluding carboxylic acids is 1. The van der Waals surface area contributed by atoms with Crippen molar-refractivity contribution in [2.24, 2.45) is 0 Å². The van der Waals surface area contributed by atoms with E-state index >= 15 is 0 Å². The smallest absolute Gasteiger partial charge is 0.223 e. The molecule has 0 saturated heterocycles. The second-order valence-corrected chi connectivity index (χ2v) is 12.8. The van der Waals surface area contributed by atoms with Crippen molar-refractivity contribution >= 4 is 45.0 Å². The highest BCUT2D eigenvalue weighted by Gasteiger charge is 2.46. The molecule has 2 aromatic carbocycles. The molecule has 0 N–H and O–H groups in total.